The van der Waals surface area contributed by atoms with Crippen LogP contribution in [0.5, 0.6) is 0 Å². The second kappa shape index (κ2) is 9.16. The zero-order valence-corrected chi connectivity index (χ0v) is 18.3. The van der Waals surface area contributed by atoms with Gasteiger partial charge in [-0.25, -0.2) is 13.2 Å². The first-order valence-electron chi connectivity index (χ1n) is 9.54. The smallest absolute Gasteiger partial charge is 0.337 e. The Labute approximate surface area is 181 Å². The van der Waals surface area contributed by atoms with Gasteiger partial charge in [-0.05, 0) is 55.7 Å². The molecule has 0 atom stereocenters. The summed E-state index contributed by atoms with van der Waals surface area (Å²) in [6.45, 7) is 2.66. The number of ether oxygens (including phenoxy) is 1. The van der Waals surface area contributed by atoms with Crippen molar-refractivity contribution >= 4 is 39.2 Å². The van der Waals surface area contributed by atoms with Crippen molar-refractivity contribution in [3.63, 3.8) is 0 Å². The molecular formula is C21H23ClN2O5S. The molecule has 1 amide bonds. The van der Waals surface area contributed by atoms with Crippen LogP contribution in [0.25, 0.3) is 0 Å². The van der Waals surface area contributed by atoms with Crippen LogP contribution < -0.4 is 5.32 Å². The first kappa shape index (κ1) is 22.3. The highest BCUT2D eigenvalue weighted by Crippen LogP contribution is 2.28. The number of aryl methyl sites for hydroxylation is 1. The molecule has 3 rings (SSSR count). The van der Waals surface area contributed by atoms with Gasteiger partial charge >= 0.3 is 5.97 Å². The van der Waals surface area contributed by atoms with Gasteiger partial charge in [0.1, 0.15) is 4.90 Å². The summed E-state index contributed by atoms with van der Waals surface area (Å²) in [7, 11) is -2.51. The third-order valence-corrected chi connectivity index (χ3v) is 7.41. The SMILES string of the molecule is COC(=O)c1ccc(C)c(NC(=O)c2ccc(Cl)c(S(=O)(=O)N3CCCCC3)c2)c1. The molecule has 30 heavy (non-hydrogen) atoms. The number of nitrogens with one attached hydrogen (secondary N) is 1. The third kappa shape index (κ3) is 4.66. The molecular weight excluding hydrogens is 428 g/mol. The van der Waals surface area contributed by atoms with Gasteiger partial charge in [-0.15, -0.1) is 0 Å². The number of methoxy groups -OCH3 is 1. The molecule has 2 aromatic carbocycles. The lowest BCUT2D eigenvalue weighted by molar-refractivity contribution is 0.0600. The lowest BCUT2D eigenvalue weighted by Crippen LogP contribution is -2.35. The Morgan fingerprint density at radius 3 is 2.37 bits per heavy atom. The average molecular weight is 451 g/mol. The van der Waals surface area contributed by atoms with Gasteiger partial charge in [-0.1, -0.05) is 24.1 Å². The van der Waals surface area contributed by atoms with Crippen LogP contribution in [0.3, 0.4) is 0 Å². The summed E-state index contributed by atoms with van der Waals surface area (Å²) >= 11 is 6.17. The van der Waals surface area contributed by atoms with Crippen molar-refractivity contribution in [3.8, 4) is 0 Å². The number of nitrogens with zero attached hydrogens (tertiary/aromatic N) is 1. The van der Waals surface area contributed by atoms with Gasteiger partial charge in [0.2, 0.25) is 10.0 Å². The number of anilines is 1. The molecule has 160 valence electrons. The van der Waals surface area contributed by atoms with Gasteiger partial charge in [0.15, 0.2) is 0 Å². The van der Waals surface area contributed by atoms with E-state index in [9.17, 15) is 18.0 Å². The van der Waals surface area contributed by atoms with Gasteiger partial charge in [0.25, 0.3) is 5.91 Å². The van der Waals surface area contributed by atoms with E-state index in [-0.39, 0.29) is 15.5 Å². The molecule has 7 nitrogen and oxygen atoms in total. The van der Waals surface area contributed by atoms with Gasteiger partial charge in [-0.3, -0.25) is 4.79 Å². The Hall–Kier alpha value is -2.42. The predicted molar refractivity (Wildman–Crippen MR) is 115 cm³/mol. The minimum Gasteiger partial charge on any atom is -0.465 e. The molecule has 1 N–H and O–H groups in total. The molecule has 0 radical (unpaired) electrons. The maximum atomic E-state index is 13.0. The number of rotatable bonds is 5. The van der Waals surface area contributed by atoms with Gasteiger partial charge in [-0.2, -0.15) is 4.31 Å². The first-order valence-corrected chi connectivity index (χ1v) is 11.4. The number of esters is 1. The summed E-state index contributed by atoms with van der Waals surface area (Å²) in [5, 5.41) is 2.80. The van der Waals surface area contributed by atoms with Crippen molar-refractivity contribution in [1.82, 2.24) is 4.31 Å². The van der Waals surface area contributed by atoms with E-state index in [4.69, 9.17) is 16.3 Å². The van der Waals surface area contributed by atoms with Crippen molar-refractivity contribution in [3.05, 3.63) is 58.1 Å². The molecule has 1 aliphatic rings. The van der Waals surface area contributed by atoms with Crippen molar-refractivity contribution in [1.29, 1.82) is 0 Å². The average Bonchev–Trinajstić information content (AvgIpc) is 2.75. The Morgan fingerprint density at radius 1 is 1.03 bits per heavy atom. The lowest BCUT2D eigenvalue weighted by atomic mass is 10.1. The first-order chi connectivity index (χ1) is 14.2. The maximum Gasteiger partial charge on any atom is 0.337 e. The third-order valence-electron chi connectivity index (χ3n) is 5.03. The largest absolute Gasteiger partial charge is 0.465 e. The summed E-state index contributed by atoms with van der Waals surface area (Å²) in [5.74, 6) is -1.03. The van der Waals surface area contributed by atoms with E-state index in [1.165, 1.54) is 35.7 Å². The van der Waals surface area contributed by atoms with E-state index in [0.717, 1.165) is 24.8 Å². The van der Waals surface area contributed by atoms with E-state index >= 15 is 0 Å². The molecule has 0 bridgehead atoms. The number of amides is 1. The molecule has 0 unspecified atom stereocenters. The zero-order chi connectivity index (χ0) is 21.9. The highest BCUT2D eigenvalue weighted by atomic mass is 35.5. The highest BCUT2D eigenvalue weighted by molar-refractivity contribution is 7.89. The van der Waals surface area contributed by atoms with Gasteiger partial charge in [0, 0.05) is 24.3 Å². The van der Waals surface area contributed by atoms with Gasteiger partial charge in [0.05, 0.1) is 17.7 Å². The zero-order valence-electron chi connectivity index (χ0n) is 16.8. The second-order valence-corrected chi connectivity index (χ2v) is 9.40. The van der Waals surface area contributed by atoms with Crippen molar-refractivity contribution in [2.45, 2.75) is 31.1 Å². The van der Waals surface area contributed by atoms with Crippen molar-refractivity contribution in [2.24, 2.45) is 0 Å². The summed E-state index contributed by atoms with van der Waals surface area (Å²) in [6, 6.07) is 8.97. The Kier molecular flexibility index (Phi) is 6.80. The summed E-state index contributed by atoms with van der Waals surface area (Å²) < 4.78 is 32.1. The van der Waals surface area contributed by atoms with Crippen molar-refractivity contribution < 1.29 is 22.7 Å². The van der Waals surface area contributed by atoms with Gasteiger partial charge < -0.3 is 10.1 Å². The molecule has 2 aromatic rings. The van der Waals surface area contributed by atoms with Crippen LogP contribution in [0.1, 0.15) is 45.5 Å². The maximum absolute atomic E-state index is 13.0. The monoisotopic (exact) mass is 450 g/mol. The second-order valence-electron chi connectivity index (χ2n) is 7.09. The molecule has 0 saturated carbocycles. The number of sulfonamides is 1. The molecule has 9 heteroatoms. The molecule has 1 fully saturated rings. The highest BCUT2D eigenvalue weighted by Gasteiger charge is 2.28. The summed E-state index contributed by atoms with van der Waals surface area (Å²) in [4.78, 5) is 24.5. The van der Waals surface area contributed by atoms with E-state index in [1.54, 1.807) is 19.1 Å². The van der Waals surface area contributed by atoms with Crippen LogP contribution in [0.2, 0.25) is 5.02 Å². The van der Waals surface area contributed by atoms with Crippen LogP contribution in [-0.4, -0.2) is 44.8 Å². The number of benzene rings is 2. The number of hydrogen-bond donors (Lipinski definition) is 1. The normalized spacial score (nSPS) is 14.9. The van der Waals surface area contributed by atoms with Crippen molar-refractivity contribution in [2.75, 3.05) is 25.5 Å². The van der Waals surface area contributed by atoms with E-state index in [2.05, 4.69) is 5.32 Å². The molecule has 1 heterocycles. The molecule has 0 aliphatic carbocycles. The van der Waals surface area contributed by atoms with Crippen LogP contribution in [0.4, 0.5) is 5.69 Å². The fraction of sp³-hybridized carbons (Fsp3) is 0.333. The topological polar surface area (TPSA) is 92.8 Å². The predicted octanol–water partition coefficient (Wildman–Crippen LogP) is 3.86. The minimum atomic E-state index is -3.79. The van der Waals surface area contributed by atoms with Crippen LogP contribution in [0.15, 0.2) is 41.3 Å². The number of carbonyl (C=O) groups excluding carboxylic acids is 2. The van der Waals surface area contributed by atoms with E-state index in [1.807, 2.05) is 0 Å². The Morgan fingerprint density at radius 2 is 1.70 bits per heavy atom. The van der Waals surface area contributed by atoms with E-state index in [0.29, 0.717) is 24.3 Å². The van der Waals surface area contributed by atoms with Crippen LogP contribution >= 0.6 is 11.6 Å². The number of carbonyl (C=O) groups is 2. The van der Waals surface area contributed by atoms with E-state index < -0.39 is 21.9 Å². The quantitative estimate of drug-likeness (QED) is 0.698. The lowest BCUT2D eigenvalue weighted by Gasteiger charge is -2.26. The Balaban J connectivity index is 1.89. The number of piperidine rings is 1. The summed E-state index contributed by atoms with van der Waals surface area (Å²) in [6.07, 6.45) is 2.59. The standard InChI is InChI=1S/C21H23ClN2O5S/c1-14-6-7-16(21(26)29-2)12-18(14)23-20(25)15-8-9-17(22)19(13-15)30(27,28)24-10-4-3-5-11-24/h6-9,12-13H,3-5,10-11H2,1-2H3,(H,23,25). The molecule has 0 spiro atoms. The molecule has 0 aromatic heterocycles. The minimum absolute atomic E-state index is 0.0704. The molecule has 1 aliphatic heterocycles. The van der Waals surface area contributed by atoms with Crippen LogP contribution in [-0.2, 0) is 14.8 Å². The molecule has 1 saturated heterocycles. The fourth-order valence-corrected chi connectivity index (χ4v) is 5.30. The Bertz CT molecular complexity index is 1080. The summed E-state index contributed by atoms with van der Waals surface area (Å²) in [5.41, 5.74) is 1.62. The number of hydrogen-bond acceptors (Lipinski definition) is 5. The fourth-order valence-electron chi connectivity index (χ4n) is 3.28. The number of halogens is 1. The van der Waals surface area contributed by atoms with Crippen LogP contribution in [0, 0.1) is 6.92 Å².